The number of hydrogen-bond acceptors (Lipinski definition) is 4. The number of nitrogens with zero attached hydrogens (tertiary/aromatic N) is 3. The number of nitrogens with one attached hydrogen (secondary N) is 1. The molecular weight excluding hydrogens is 326 g/mol. The standard InChI is InChI=1S/C20H23N5O/c1-25(2)19-12-14(15-8-4-5-9-16(15)23-19)13-22-20(21)24-17-10-6-7-11-18(17)26-3/h4-12H,13H2,1-3H3,(H3,21,22,24). The monoisotopic (exact) mass is 349 g/mol. The number of guanidine groups is 1. The van der Waals surface area contributed by atoms with Gasteiger partial charge in [-0.15, -0.1) is 0 Å². The van der Waals surface area contributed by atoms with Gasteiger partial charge in [0.05, 0.1) is 24.9 Å². The molecule has 6 heteroatoms. The van der Waals surface area contributed by atoms with Gasteiger partial charge in [0, 0.05) is 19.5 Å². The van der Waals surface area contributed by atoms with Gasteiger partial charge in [0.1, 0.15) is 11.6 Å². The van der Waals surface area contributed by atoms with Gasteiger partial charge in [0.15, 0.2) is 5.96 Å². The Morgan fingerprint density at radius 1 is 1.15 bits per heavy atom. The molecule has 0 saturated carbocycles. The quantitative estimate of drug-likeness (QED) is 0.546. The van der Waals surface area contributed by atoms with Crippen molar-refractivity contribution in [2.45, 2.75) is 6.54 Å². The van der Waals surface area contributed by atoms with Crippen molar-refractivity contribution in [2.75, 3.05) is 31.4 Å². The Kier molecular flexibility index (Phi) is 5.22. The summed E-state index contributed by atoms with van der Waals surface area (Å²) < 4.78 is 5.32. The molecule has 1 heterocycles. The smallest absolute Gasteiger partial charge is 0.193 e. The van der Waals surface area contributed by atoms with Crippen LogP contribution in [0.5, 0.6) is 5.75 Å². The predicted octanol–water partition coefficient (Wildman–Crippen LogP) is 3.24. The van der Waals surface area contributed by atoms with E-state index < -0.39 is 0 Å². The number of aromatic nitrogens is 1. The third-order valence-corrected chi connectivity index (χ3v) is 4.04. The van der Waals surface area contributed by atoms with E-state index >= 15 is 0 Å². The lowest BCUT2D eigenvalue weighted by Crippen LogP contribution is -2.23. The highest BCUT2D eigenvalue weighted by atomic mass is 16.5. The number of aliphatic imine (C=N–C) groups is 1. The maximum Gasteiger partial charge on any atom is 0.193 e. The van der Waals surface area contributed by atoms with Crippen LogP contribution in [0.25, 0.3) is 10.9 Å². The lowest BCUT2D eigenvalue weighted by molar-refractivity contribution is 0.417. The van der Waals surface area contributed by atoms with Gasteiger partial charge in [-0.2, -0.15) is 0 Å². The van der Waals surface area contributed by atoms with Crippen LogP contribution in [0.3, 0.4) is 0 Å². The zero-order chi connectivity index (χ0) is 18.5. The molecule has 6 nitrogen and oxygen atoms in total. The molecule has 26 heavy (non-hydrogen) atoms. The van der Waals surface area contributed by atoms with Crippen LogP contribution in [0, 0.1) is 0 Å². The summed E-state index contributed by atoms with van der Waals surface area (Å²) in [6.45, 7) is 0.456. The first-order chi connectivity index (χ1) is 12.6. The van der Waals surface area contributed by atoms with Crippen LogP contribution < -0.4 is 20.7 Å². The first-order valence-corrected chi connectivity index (χ1v) is 8.34. The van der Waals surface area contributed by atoms with Crippen molar-refractivity contribution in [2.24, 2.45) is 10.7 Å². The summed E-state index contributed by atoms with van der Waals surface area (Å²) in [5, 5.41) is 4.17. The van der Waals surface area contributed by atoms with E-state index in [1.165, 1.54) is 0 Å². The summed E-state index contributed by atoms with van der Waals surface area (Å²) in [5.41, 5.74) is 8.88. The van der Waals surface area contributed by atoms with Crippen LogP contribution in [0.15, 0.2) is 59.6 Å². The van der Waals surface area contributed by atoms with Crippen molar-refractivity contribution in [3.63, 3.8) is 0 Å². The Balaban J connectivity index is 1.87. The molecule has 0 saturated heterocycles. The highest BCUT2D eigenvalue weighted by molar-refractivity contribution is 5.94. The minimum Gasteiger partial charge on any atom is -0.495 e. The number of methoxy groups -OCH3 is 1. The molecule has 0 atom stereocenters. The van der Waals surface area contributed by atoms with Crippen LogP contribution in [0.1, 0.15) is 5.56 Å². The molecule has 1 aromatic heterocycles. The van der Waals surface area contributed by atoms with E-state index in [9.17, 15) is 0 Å². The molecule has 3 N–H and O–H groups in total. The Morgan fingerprint density at radius 3 is 2.65 bits per heavy atom. The van der Waals surface area contributed by atoms with Crippen molar-refractivity contribution >= 4 is 28.4 Å². The van der Waals surface area contributed by atoms with Crippen molar-refractivity contribution in [3.8, 4) is 5.75 Å². The van der Waals surface area contributed by atoms with E-state index in [0.717, 1.165) is 33.7 Å². The van der Waals surface area contributed by atoms with Crippen LogP contribution in [-0.4, -0.2) is 32.1 Å². The summed E-state index contributed by atoms with van der Waals surface area (Å²) in [6.07, 6.45) is 0. The lowest BCUT2D eigenvalue weighted by Gasteiger charge is -2.15. The second-order valence-electron chi connectivity index (χ2n) is 6.08. The molecule has 3 rings (SSSR count). The fraction of sp³-hybridized carbons (Fsp3) is 0.200. The fourth-order valence-electron chi connectivity index (χ4n) is 2.69. The number of nitrogens with two attached hydrogens (primary N) is 1. The molecule has 0 amide bonds. The third kappa shape index (κ3) is 3.85. The molecule has 0 aliphatic carbocycles. The summed E-state index contributed by atoms with van der Waals surface area (Å²) in [7, 11) is 5.57. The van der Waals surface area contributed by atoms with E-state index in [0.29, 0.717) is 12.5 Å². The average molecular weight is 349 g/mol. The predicted molar refractivity (Wildman–Crippen MR) is 108 cm³/mol. The van der Waals surface area contributed by atoms with Gasteiger partial charge in [0.25, 0.3) is 0 Å². The molecule has 0 aliphatic rings. The molecule has 0 radical (unpaired) electrons. The van der Waals surface area contributed by atoms with Crippen molar-refractivity contribution in [1.29, 1.82) is 0 Å². The average Bonchev–Trinajstić information content (AvgIpc) is 2.66. The molecule has 0 fully saturated rings. The van der Waals surface area contributed by atoms with Gasteiger partial charge in [-0.25, -0.2) is 9.98 Å². The number of ether oxygens (including phenoxy) is 1. The van der Waals surface area contributed by atoms with Gasteiger partial charge >= 0.3 is 0 Å². The van der Waals surface area contributed by atoms with Gasteiger partial charge in [-0.3, -0.25) is 0 Å². The summed E-state index contributed by atoms with van der Waals surface area (Å²) >= 11 is 0. The maximum atomic E-state index is 6.08. The highest BCUT2D eigenvalue weighted by Crippen LogP contribution is 2.24. The van der Waals surface area contributed by atoms with Crippen molar-refractivity contribution in [3.05, 3.63) is 60.2 Å². The zero-order valence-corrected chi connectivity index (χ0v) is 15.2. The van der Waals surface area contributed by atoms with Gasteiger partial charge in [0.2, 0.25) is 0 Å². The molecule has 0 aliphatic heterocycles. The van der Waals surface area contributed by atoms with Gasteiger partial charge in [-0.05, 0) is 29.8 Å². The molecule has 0 unspecified atom stereocenters. The Labute approximate surface area is 153 Å². The lowest BCUT2D eigenvalue weighted by atomic mass is 10.1. The summed E-state index contributed by atoms with van der Waals surface area (Å²) in [4.78, 5) is 11.1. The molecular formula is C20H23N5O. The Bertz CT molecular complexity index is 936. The van der Waals surface area contributed by atoms with Crippen LogP contribution >= 0.6 is 0 Å². The first-order valence-electron chi connectivity index (χ1n) is 8.34. The van der Waals surface area contributed by atoms with Crippen LogP contribution in [0.2, 0.25) is 0 Å². The molecule has 134 valence electrons. The number of anilines is 2. The van der Waals surface area contributed by atoms with Gasteiger partial charge in [-0.1, -0.05) is 30.3 Å². The molecule has 3 aromatic rings. The van der Waals surface area contributed by atoms with Crippen molar-refractivity contribution in [1.82, 2.24) is 4.98 Å². The van der Waals surface area contributed by atoms with Crippen molar-refractivity contribution < 1.29 is 4.74 Å². The maximum absolute atomic E-state index is 6.08. The Hall–Kier alpha value is -3.28. The number of hydrogen-bond donors (Lipinski definition) is 2. The van der Waals surface area contributed by atoms with Crippen LogP contribution in [-0.2, 0) is 6.54 Å². The van der Waals surface area contributed by atoms with E-state index in [1.54, 1.807) is 7.11 Å². The molecule has 0 spiro atoms. The number of pyridine rings is 1. The SMILES string of the molecule is COc1ccccc1NC(N)=NCc1cc(N(C)C)nc2ccccc12. The second-order valence-corrected chi connectivity index (χ2v) is 6.08. The normalized spacial score (nSPS) is 11.4. The highest BCUT2D eigenvalue weighted by Gasteiger charge is 2.07. The minimum absolute atomic E-state index is 0.335. The van der Waals surface area contributed by atoms with E-state index in [1.807, 2.05) is 67.5 Å². The van der Waals surface area contributed by atoms with Crippen LogP contribution in [0.4, 0.5) is 11.5 Å². The fourth-order valence-corrected chi connectivity index (χ4v) is 2.69. The van der Waals surface area contributed by atoms with E-state index in [-0.39, 0.29) is 0 Å². The number of para-hydroxylation sites is 3. The zero-order valence-electron chi connectivity index (χ0n) is 15.2. The number of rotatable bonds is 5. The molecule has 0 bridgehead atoms. The number of benzene rings is 2. The topological polar surface area (TPSA) is 75.8 Å². The largest absolute Gasteiger partial charge is 0.495 e. The van der Waals surface area contributed by atoms with E-state index in [2.05, 4.69) is 21.4 Å². The first kappa shape index (κ1) is 17.5. The Morgan fingerprint density at radius 2 is 1.88 bits per heavy atom. The van der Waals surface area contributed by atoms with E-state index in [4.69, 9.17) is 10.5 Å². The number of fused-ring (bicyclic) bond motifs is 1. The third-order valence-electron chi connectivity index (χ3n) is 4.04. The summed E-state index contributed by atoms with van der Waals surface area (Å²) in [6, 6.07) is 17.7. The second kappa shape index (κ2) is 7.74. The summed E-state index contributed by atoms with van der Waals surface area (Å²) in [5.74, 6) is 1.95. The van der Waals surface area contributed by atoms with Gasteiger partial charge < -0.3 is 20.7 Å². The molecule has 2 aromatic carbocycles. The minimum atomic E-state index is 0.335.